The summed E-state index contributed by atoms with van der Waals surface area (Å²) in [6.07, 6.45) is -1.14. The van der Waals surface area contributed by atoms with Crippen LogP contribution < -0.4 is 5.32 Å². The molecule has 2 aliphatic heterocycles. The second-order valence-corrected chi connectivity index (χ2v) is 5.41. The Balaban J connectivity index is 2.18. The van der Waals surface area contributed by atoms with E-state index in [1.165, 1.54) is 6.20 Å². The molecule has 4 atom stereocenters. The van der Waals surface area contributed by atoms with Gasteiger partial charge in [0.25, 0.3) is 0 Å². The van der Waals surface area contributed by atoms with Crippen LogP contribution >= 0.6 is 11.8 Å². The molecule has 0 aromatic heterocycles. The Labute approximate surface area is 102 Å². The minimum Gasteiger partial charge on any atom is -0.395 e. The smallest absolute Gasteiger partial charge is 0.231 e. The molecule has 94 valence electrons. The number of aliphatic hydroxyl groups is 3. The van der Waals surface area contributed by atoms with Crippen molar-refractivity contribution in [3.05, 3.63) is 11.8 Å². The van der Waals surface area contributed by atoms with Crippen molar-refractivity contribution < 1.29 is 24.9 Å². The fraction of sp³-hybridized carbons (Fsp3) is 0.600. The van der Waals surface area contributed by atoms with Crippen LogP contribution in [-0.4, -0.2) is 56.3 Å². The number of carbonyl (C=O) groups excluding carboxylic acids is 2. The van der Waals surface area contributed by atoms with Gasteiger partial charge in [-0.25, -0.2) is 0 Å². The molecule has 4 N–H and O–H groups in total. The summed E-state index contributed by atoms with van der Waals surface area (Å²) in [7, 11) is 0. The molecule has 2 rings (SSSR count). The molecule has 7 heteroatoms. The van der Waals surface area contributed by atoms with E-state index in [0.717, 1.165) is 11.8 Å². The molecular formula is C10H13NO5S. The van der Waals surface area contributed by atoms with E-state index in [1.54, 1.807) is 0 Å². The third kappa shape index (κ3) is 2.23. The number of carbonyl (C=O) groups is 2. The lowest BCUT2D eigenvalue weighted by molar-refractivity contribution is -0.127. The van der Waals surface area contributed by atoms with E-state index in [4.69, 9.17) is 5.11 Å². The van der Waals surface area contributed by atoms with E-state index in [1.807, 2.05) is 0 Å². The first-order valence-electron chi connectivity index (χ1n) is 5.19. The quantitative estimate of drug-likeness (QED) is 0.434. The summed E-state index contributed by atoms with van der Waals surface area (Å²) in [6.45, 7) is -0.271. The Morgan fingerprint density at radius 2 is 2.06 bits per heavy atom. The van der Waals surface area contributed by atoms with E-state index >= 15 is 0 Å². The van der Waals surface area contributed by atoms with Gasteiger partial charge in [-0.05, 0) is 0 Å². The van der Waals surface area contributed by atoms with Crippen molar-refractivity contribution in [3.8, 4) is 0 Å². The molecule has 0 unspecified atom stereocenters. The first kappa shape index (κ1) is 12.6. The number of hydrogen-bond acceptors (Lipinski definition) is 6. The van der Waals surface area contributed by atoms with Gasteiger partial charge in [-0.1, -0.05) is 0 Å². The van der Waals surface area contributed by atoms with Gasteiger partial charge in [-0.3, -0.25) is 9.59 Å². The van der Waals surface area contributed by atoms with Crippen molar-refractivity contribution in [2.75, 3.05) is 6.61 Å². The van der Waals surface area contributed by atoms with Crippen molar-refractivity contribution in [2.45, 2.75) is 29.1 Å². The fourth-order valence-corrected chi connectivity index (χ4v) is 3.39. The highest BCUT2D eigenvalue weighted by atomic mass is 32.2. The van der Waals surface area contributed by atoms with Gasteiger partial charge in [0, 0.05) is 11.8 Å². The number of Topliss-reactive ketones (excluding diaryl/α,β-unsaturated/α-hetero) is 1. The van der Waals surface area contributed by atoms with Crippen LogP contribution in [0, 0.1) is 0 Å². The zero-order valence-corrected chi connectivity index (χ0v) is 9.68. The summed E-state index contributed by atoms with van der Waals surface area (Å²) in [5.74, 6) is -0.730. The molecule has 0 radical (unpaired) electrons. The average Bonchev–Trinajstić information content (AvgIpc) is 2.57. The largest absolute Gasteiger partial charge is 0.395 e. The second kappa shape index (κ2) is 4.77. The van der Waals surface area contributed by atoms with Crippen LogP contribution in [0.3, 0.4) is 0 Å². The van der Waals surface area contributed by atoms with Crippen molar-refractivity contribution in [1.29, 1.82) is 0 Å². The van der Waals surface area contributed by atoms with E-state index in [-0.39, 0.29) is 30.3 Å². The molecule has 2 heterocycles. The Hall–Kier alpha value is -0.890. The van der Waals surface area contributed by atoms with Crippen LogP contribution in [0.4, 0.5) is 0 Å². The van der Waals surface area contributed by atoms with Gasteiger partial charge < -0.3 is 20.6 Å². The number of amides is 1. The van der Waals surface area contributed by atoms with Crippen molar-refractivity contribution in [2.24, 2.45) is 0 Å². The number of aliphatic hydroxyl groups excluding tert-OH is 3. The molecule has 17 heavy (non-hydrogen) atoms. The summed E-state index contributed by atoms with van der Waals surface area (Å²) in [5.41, 5.74) is 0.289. The van der Waals surface area contributed by atoms with Gasteiger partial charge in [0.1, 0.15) is 0 Å². The zero-order chi connectivity index (χ0) is 12.6. The number of rotatable bonds is 2. The Bertz CT molecular complexity index is 383. The maximum Gasteiger partial charge on any atom is 0.231 e. The van der Waals surface area contributed by atoms with E-state index < -0.39 is 22.7 Å². The van der Waals surface area contributed by atoms with Crippen LogP contribution in [-0.2, 0) is 9.59 Å². The summed E-state index contributed by atoms with van der Waals surface area (Å²) < 4.78 is 0. The lowest BCUT2D eigenvalue weighted by Crippen LogP contribution is -2.38. The maximum absolute atomic E-state index is 11.6. The molecule has 0 aliphatic carbocycles. The third-order valence-corrected chi connectivity index (χ3v) is 4.48. The molecule has 1 fully saturated rings. The number of ketones is 1. The van der Waals surface area contributed by atoms with Crippen LogP contribution in [0.15, 0.2) is 11.8 Å². The minimum absolute atomic E-state index is 0.241. The molecule has 2 aliphatic rings. The lowest BCUT2D eigenvalue weighted by atomic mass is 9.97. The van der Waals surface area contributed by atoms with E-state index in [0.29, 0.717) is 0 Å². The zero-order valence-electron chi connectivity index (χ0n) is 8.87. The molecule has 1 amide bonds. The molecule has 6 nitrogen and oxygen atoms in total. The van der Waals surface area contributed by atoms with Crippen LogP contribution in [0.5, 0.6) is 0 Å². The molecule has 1 saturated heterocycles. The summed E-state index contributed by atoms with van der Waals surface area (Å²) in [5, 5.41) is 29.8. The Morgan fingerprint density at radius 1 is 1.35 bits per heavy atom. The van der Waals surface area contributed by atoms with Crippen molar-refractivity contribution in [1.82, 2.24) is 5.32 Å². The van der Waals surface area contributed by atoms with Gasteiger partial charge >= 0.3 is 0 Å². The predicted molar refractivity (Wildman–Crippen MR) is 60.1 cm³/mol. The molecule has 0 aromatic carbocycles. The van der Waals surface area contributed by atoms with Crippen LogP contribution in [0.1, 0.15) is 6.42 Å². The standard InChI is InChI=1S/C10H13NO5S/c12-3-6-8(15)9(16)10(17-6)4-2-11-7(14)1-5(4)13/h2,6,8-10,12,15-16H,1,3H2,(H,11,14)/t6-,8-,9-,10+/m1/s1. The molecule has 0 spiro atoms. The average molecular weight is 259 g/mol. The van der Waals surface area contributed by atoms with E-state index in [9.17, 15) is 19.8 Å². The summed E-state index contributed by atoms with van der Waals surface area (Å²) in [6, 6.07) is 0. The van der Waals surface area contributed by atoms with Gasteiger partial charge in [-0.2, -0.15) is 0 Å². The van der Waals surface area contributed by atoms with E-state index in [2.05, 4.69) is 5.32 Å². The van der Waals surface area contributed by atoms with Crippen molar-refractivity contribution >= 4 is 23.5 Å². The Kier molecular flexibility index (Phi) is 3.53. The first-order valence-corrected chi connectivity index (χ1v) is 6.14. The molecule has 0 saturated carbocycles. The predicted octanol–water partition coefficient (Wildman–Crippen LogP) is -1.84. The van der Waals surface area contributed by atoms with Crippen molar-refractivity contribution in [3.63, 3.8) is 0 Å². The Morgan fingerprint density at radius 3 is 2.59 bits per heavy atom. The second-order valence-electron chi connectivity index (χ2n) is 4.03. The third-order valence-electron chi connectivity index (χ3n) is 2.88. The van der Waals surface area contributed by atoms with Gasteiger partial charge in [0.15, 0.2) is 5.78 Å². The fourth-order valence-electron chi connectivity index (χ4n) is 1.94. The van der Waals surface area contributed by atoms with Gasteiger partial charge in [0.05, 0.1) is 35.7 Å². The highest BCUT2D eigenvalue weighted by Gasteiger charge is 2.45. The SMILES string of the molecule is O=C1CC(=O)C([C@@H]2S[C@H](CO)[C@@H](O)[C@H]2O)=CN1. The number of nitrogens with one attached hydrogen (secondary N) is 1. The maximum atomic E-state index is 11.6. The number of hydrogen-bond donors (Lipinski definition) is 4. The summed E-state index contributed by atoms with van der Waals surface area (Å²) in [4.78, 5) is 22.6. The molecule has 0 aromatic rings. The van der Waals surface area contributed by atoms with Gasteiger partial charge in [-0.15, -0.1) is 11.8 Å². The lowest BCUT2D eigenvalue weighted by Gasteiger charge is -2.20. The van der Waals surface area contributed by atoms with Crippen LogP contribution in [0.25, 0.3) is 0 Å². The number of thioether (sulfide) groups is 1. The van der Waals surface area contributed by atoms with Gasteiger partial charge in [0.2, 0.25) is 5.91 Å². The minimum atomic E-state index is -1.11. The molecule has 0 bridgehead atoms. The first-order chi connectivity index (χ1) is 8.04. The monoisotopic (exact) mass is 259 g/mol. The highest BCUT2D eigenvalue weighted by Crippen LogP contribution is 2.39. The topological polar surface area (TPSA) is 107 Å². The molecular weight excluding hydrogens is 246 g/mol. The normalized spacial score (nSPS) is 37.9. The highest BCUT2D eigenvalue weighted by molar-refractivity contribution is 8.01. The summed E-state index contributed by atoms with van der Waals surface area (Å²) >= 11 is 1.15. The van der Waals surface area contributed by atoms with Crippen LogP contribution in [0.2, 0.25) is 0 Å².